The average molecular weight is 356 g/mol. The Balaban J connectivity index is 1.67. The third kappa shape index (κ3) is 4.02. The van der Waals surface area contributed by atoms with E-state index in [-0.39, 0.29) is 18.0 Å². The smallest absolute Gasteiger partial charge is 0.254 e. The van der Waals surface area contributed by atoms with Gasteiger partial charge in [-0.2, -0.15) is 0 Å². The van der Waals surface area contributed by atoms with Crippen molar-refractivity contribution in [2.45, 2.75) is 25.8 Å². The minimum absolute atomic E-state index is 0.0341. The first kappa shape index (κ1) is 17.9. The summed E-state index contributed by atoms with van der Waals surface area (Å²) in [7, 11) is 1.44. The number of anilines is 1. The van der Waals surface area contributed by atoms with Crippen LogP contribution in [0.2, 0.25) is 0 Å². The van der Waals surface area contributed by atoms with Crippen LogP contribution in [0.25, 0.3) is 0 Å². The van der Waals surface area contributed by atoms with Crippen LogP contribution in [-0.4, -0.2) is 25.5 Å². The molecule has 0 radical (unpaired) electrons. The van der Waals surface area contributed by atoms with Crippen molar-refractivity contribution < 1.29 is 18.7 Å². The number of rotatable bonds is 5. The number of hydrogen-bond acceptors (Lipinski definition) is 3. The Morgan fingerprint density at radius 3 is 2.81 bits per heavy atom. The first-order valence-corrected chi connectivity index (χ1v) is 8.59. The maximum Gasteiger partial charge on any atom is 0.254 e. The largest absolute Gasteiger partial charge is 0.497 e. The van der Waals surface area contributed by atoms with Gasteiger partial charge in [0, 0.05) is 31.3 Å². The Morgan fingerprint density at radius 1 is 1.23 bits per heavy atom. The lowest BCUT2D eigenvalue weighted by Gasteiger charge is -2.27. The van der Waals surface area contributed by atoms with Crippen molar-refractivity contribution in [1.29, 1.82) is 0 Å². The van der Waals surface area contributed by atoms with Crippen LogP contribution in [-0.2, 0) is 11.3 Å². The summed E-state index contributed by atoms with van der Waals surface area (Å²) in [5, 5.41) is 2.71. The summed E-state index contributed by atoms with van der Waals surface area (Å²) in [4.78, 5) is 26.0. The molecule has 6 heteroatoms. The van der Waals surface area contributed by atoms with Gasteiger partial charge in [0.25, 0.3) is 5.91 Å². The van der Waals surface area contributed by atoms with Crippen molar-refractivity contribution in [1.82, 2.24) is 5.32 Å². The lowest BCUT2D eigenvalue weighted by molar-refractivity contribution is -0.119. The van der Waals surface area contributed by atoms with E-state index >= 15 is 0 Å². The van der Waals surface area contributed by atoms with Crippen LogP contribution in [0.5, 0.6) is 5.75 Å². The second-order valence-electron chi connectivity index (χ2n) is 6.20. The van der Waals surface area contributed by atoms with Gasteiger partial charge in [-0.1, -0.05) is 12.1 Å². The van der Waals surface area contributed by atoms with Gasteiger partial charge in [-0.3, -0.25) is 9.59 Å². The number of hydrogen-bond donors (Lipinski definition) is 1. The van der Waals surface area contributed by atoms with Gasteiger partial charge in [0.05, 0.1) is 12.7 Å². The second-order valence-corrected chi connectivity index (χ2v) is 6.20. The summed E-state index contributed by atoms with van der Waals surface area (Å²) < 4.78 is 18.9. The molecule has 5 nitrogen and oxygen atoms in total. The second kappa shape index (κ2) is 7.99. The molecule has 1 fully saturated rings. The fourth-order valence-electron chi connectivity index (χ4n) is 3.00. The number of piperidine rings is 1. The lowest BCUT2D eigenvalue weighted by Crippen LogP contribution is -2.35. The molecule has 136 valence electrons. The zero-order chi connectivity index (χ0) is 18.5. The van der Waals surface area contributed by atoms with E-state index in [1.165, 1.54) is 19.2 Å². The number of benzene rings is 2. The Hall–Kier alpha value is -2.89. The molecule has 1 aliphatic rings. The van der Waals surface area contributed by atoms with E-state index in [1.54, 1.807) is 11.0 Å². The van der Waals surface area contributed by atoms with Crippen molar-refractivity contribution in [3.63, 3.8) is 0 Å². The first-order valence-electron chi connectivity index (χ1n) is 8.59. The number of methoxy groups -OCH3 is 1. The van der Waals surface area contributed by atoms with Gasteiger partial charge in [0.15, 0.2) is 0 Å². The fraction of sp³-hybridized carbons (Fsp3) is 0.300. The monoisotopic (exact) mass is 356 g/mol. The Morgan fingerprint density at radius 2 is 2.08 bits per heavy atom. The maximum atomic E-state index is 14.0. The summed E-state index contributed by atoms with van der Waals surface area (Å²) in [6, 6.07) is 11.6. The van der Waals surface area contributed by atoms with Crippen molar-refractivity contribution in [3.05, 3.63) is 59.4 Å². The molecule has 1 saturated heterocycles. The Bertz CT molecular complexity index is 822. The molecule has 2 aromatic rings. The van der Waals surface area contributed by atoms with E-state index in [9.17, 15) is 14.0 Å². The molecule has 2 aromatic carbocycles. The fourth-order valence-corrected chi connectivity index (χ4v) is 3.00. The normalized spacial score (nSPS) is 14.2. The predicted octanol–water partition coefficient (Wildman–Crippen LogP) is 3.28. The molecule has 3 rings (SSSR count). The summed E-state index contributed by atoms with van der Waals surface area (Å²) in [6.07, 6.45) is 2.49. The van der Waals surface area contributed by atoms with Crippen LogP contribution in [0.1, 0.15) is 35.2 Å². The van der Waals surface area contributed by atoms with E-state index in [2.05, 4.69) is 5.32 Å². The van der Waals surface area contributed by atoms with Crippen LogP contribution in [0.15, 0.2) is 42.5 Å². The molecular weight excluding hydrogens is 335 g/mol. The standard InChI is InChI=1S/C20H21FN2O3/c1-26-16-8-9-17(18(21)12-16)20(25)22-13-14-5-4-6-15(11-14)23-10-3-2-7-19(23)24/h4-6,8-9,11-12H,2-3,7,10,13H2,1H3,(H,22,25). The van der Waals surface area contributed by atoms with Crippen LogP contribution in [0.4, 0.5) is 10.1 Å². The topological polar surface area (TPSA) is 58.6 Å². The number of nitrogens with zero attached hydrogens (tertiary/aromatic N) is 1. The van der Waals surface area contributed by atoms with E-state index in [0.717, 1.165) is 24.1 Å². The molecule has 1 N–H and O–H groups in total. The Kier molecular flexibility index (Phi) is 5.51. The summed E-state index contributed by atoms with van der Waals surface area (Å²) >= 11 is 0. The highest BCUT2D eigenvalue weighted by molar-refractivity contribution is 5.95. The number of carbonyl (C=O) groups excluding carboxylic acids is 2. The number of nitrogens with one attached hydrogen (secondary N) is 1. The highest BCUT2D eigenvalue weighted by Crippen LogP contribution is 2.22. The zero-order valence-corrected chi connectivity index (χ0v) is 14.6. The molecular formula is C20H21FN2O3. The highest BCUT2D eigenvalue weighted by atomic mass is 19.1. The molecule has 0 aromatic heterocycles. The molecule has 0 atom stereocenters. The van der Waals surface area contributed by atoms with Gasteiger partial charge in [0.1, 0.15) is 11.6 Å². The number of ether oxygens (including phenoxy) is 1. The molecule has 1 aliphatic heterocycles. The van der Waals surface area contributed by atoms with Crippen molar-refractivity contribution in [3.8, 4) is 5.75 Å². The minimum atomic E-state index is -0.630. The van der Waals surface area contributed by atoms with Crippen LogP contribution >= 0.6 is 0 Å². The molecule has 0 aliphatic carbocycles. The average Bonchev–Trinajstić information content (AvgIpc) is 2.66. The summed E-state index contributed by atoms with van der Waals surface area (Å²) in [5.41, 5.74) is 1.65. The molecule has 0 saturated carbocycles. The molecule has 1 heterocycles. The van der Waals surface area contributed by atoms with Gasteiger partial charge < -0.3 is 15.0 Å². The van der Waals surface area contributed by atoms with Crippen LogP contribution < -0.4 is 15.0 Å². The van der Waals surface area contributed by atoms with Crippen LogP contribution in [0, 0.1) is 5.82 Å². The van der Waals surface area contributed by atoms with Gasteiger partial charge in [-0.15, -0.1) is 0 Å². The SMILES string of the molecule is COc1ccc(C(=O)NCc2cccc(N3CCCCC3=O)c2)c(F)c1. The van der Waals surface area contributed by atoms with Crippen molar-refractivity contribution >= 4 is 17.5 Å². The maximum absolute atomic E-state index is 14.0. The molecule has 0 unspecified atom stereocenters. The first-order chi connectivity index (χ1) is 12.6. The van der Waals surface area contributed by atoms with Crippen molar-refractivity contribution in [2.24, 2.45) is 0 Å². The van der Waals surface area contributed by atoms with E-state index in [0.29, 0.717) is 18.7 Å². The summed E-state index contributed by atoms with van der Waals surface area (Å²) in [5.74, 6) is -0.644. The van der Waals surface area contributed by atoms with Gasteiger partial charge in [0.2, 0.25) is 5.91 Å². The third-order valence-electron chi connectivity index (χ3n) is 4.42. The van der Waals surface area contributed by atoms with Gasteiger partial charge in [-0.05, 0) is 42.7 Å². The molecule has 0 bridgehead atoms. The number of carbonyl (C=O) groups is 2. The lowest BCUT2D eigenvalue weighted by atomic mass is 10.1. The number of halogens is 1. The quantitative estimate of drug-likeness (QED) is 0.894. The van der Waals surface area contributed by atoms with E-state index in [1.807, 2.05) is 24.3 Å². The van der Waals surface area contributed by atoms with Crippen molar-refractivity contribution in [2.75, 3.05) is 18.6 Å². The van der Waals surface area contributed by atoms with Gasteiger partial charge >= 0.3 is 0 Å². The minimum Gasteiger partial charge on any atom is -0.497 e. The summed E-state index contributed by atoms with van der Waals surface area (Å²) in [6.45, 7) is 0.964. The molecule has 26 heavy (non-hydrogen) atoms. The Labute approximate surface area is 151 Å². The van der Waals surface area contributed by atoms with Gasteiger partial charge in [-0.25, -0.2) is 4.39 Å². The molecule has 0 spiro atoms. The van der Waals surface area contributed by atoms with E-state index < -0.39 is 11.7 Å². The zero-order valence-electron chi connectivity index (χ0n) is 14.6. The number of amides is 2. The third-order valence-corrected chi connectivity index (χ3v) is 4.42. The molecule has 2 amide bonds. The van der Waals surface area contributed by atoms with Crippen LogP contribution in [0.3, 0.4) is 0 Å². The predicted molar refractivity (Wildman–Crippen MR) is 96.8 cm³/mol. The van der Waals surface area contributed by atoms with E-state index in [4.69, 9.17) is 4.74 Å². The highest BCUT2D eigenvalue weighted by Gasteiger charge is 2.19.